The number of amides is 1. The van der Waals surface area contributed by atoms with Crippen molar-refractivity contribution >= 4 is 11.9 Å². The standard InChI is InChI=1S/C16H23N3O3/c1-11-7-12(17-9-11)14(20)19-5-3-16(4-6-19)8-13(15(21)22)18(2)10-16/h7,9,13,17H,3-6,8,10H2,1-2H3,(H,21,22). The quantitative estimate of drug-likeness (QED) is 0.864. The van der Waals surface area contributed by atoms with E-state index in [0.29, 0.717) is 25.2 Å². The predicted molar refractivity (Wildman–Crippen MR) is 81.8 cm³/mol. The molecule has 6 heteroatoms. The van der Waals surface area contributed by atoms with Crippen molar-refractivity contribution < 1.29 is 14.7 Å². The summed E-state index contributed by atoms with van der Waals surface area (Å²) in [7, 11) is 1.88. The number of aryl methyl sites for hydroxylation is 1. The van der Waals surface area contributed by atoms with Crippen LogP contribution in [-0.2, 0) is 4.79 Å². The zero-order chi connectivity index (χ0) is 15.9. The fourth-order valence-corrected chi connectivity index (χ4v) is 3.89. The smallest absolute Gasteiger partial charge is 0.320 e. The molecule has 2 aliphatic rings. The van der Waals surface area contributed by atoms with Crippen LogP contribution < -0.4 is 0 Å². The summed E-state index contributed by atoms with van der Waals surface area (Å²) in [5.74, 6) is -0.691. The number of nitrogens with one attached hydrogen (secondary N) is 1. The summed E-state index contributed by atoms with van der Waals surface area (Å²) in [6.45, 7) is 4.18. The van der Waals surface area contributed by atoms with Crippen molar-refractivity contribution in [1.29, 1.82) is 0 Å². The van der Waals surface area contributed by atoms with Gasteiger partial charge in [0, 0.05) is 25.8 Å². The Hall–Kier alpha value is -1.82. The van der Waals surface area contributed by atoms with Gasteiger partial charge in [0.15, 0.2) is 0 Å². The Morgan fingerprint density at radius 1 is 1.36 bits per heavy atom. The third kappa shape index (κ3) is 2.63. The number of rotatable bonds is 2. The van der Waals surface area contributed by atoms with E-state index in [4.69, 9.17) is 0 Å². The van der Waals surface area contributed by atoms with Crippen LogP contribution in [0.25, 0.3) is 0 Å². The molecule has 0 aromatic carbocycles. The number of H-pyrrole nitrogens is 1. The molecule has 3 rings (SSSR count). The molecule has 1 amide bonds. The molecule has 120 valence electrons. The molecule has 1 aromatic rings. The fraction of sp³-hybridized carbons (Fsp3) is 0.625. The predicted octanol–water partition coefficient (Wildman–Crippen LogP) is 1.33. The second kappa shape index (κ2) is 5.43. The first-order valence-electron chi connectivity index (χ1n) is 7.78. The second-order valence-corrected chi connectivity index (χ2v) is 6.86. The second-order valence-electron chi connectivity index (χ2n) is 6.86. The van der Waals surface area contributed by atoms with E-state index >= 15 is 0 Å². The first-order valence-corrected chi connectivity index (χ1v) is 7.78. The van der Waals surface area contributed by atoms with Gasteiger partial charge in [0.25, 0.3) is 5.91 Å². The van der Waals surface area contributed by atoms with Crippen molar-refractivity contribution in [3.63, 3.8) is 0 Å². The van der Waals surface area contributed by atoms with Crippen LogP contribution in [0, 0.1) is 12.3 Å². The van der Waals surface area contributed by atoms with Gasteiger partial charge in [-0.2, -0.15) is 0 Å². The number of hydrogen-bond donors (Lipinski definition) is 2. The molecule has 6 nitrogen and oxygen atoms in total. The van der Waals surface area contributed by atoms with Gasteiger partial charge in [-0.1, -0.05) is 0 Å². The van der Waals surface area contributed by atoms with Gasteiger partial charge < -0.3 is 15.0 Å². The molecule has 2 saturated heterocycles. The highest BCUT2D eigenvalue weighted by Crippen LogP contribution is 2.42. The van der Waals surface area contributed by atoms with E-state index in [1.165, 1.54) is 0 Å². The van der Waals surface area contributed by atoms with Crippen molar-refractivity contribution in [3.05, 3.63) is 23.5 Å². The van der Waals surface area contributed by atoms with E-state index in [1.807, 2.05) is 36.0 Å². The molecule has 0 saturated carbocycles. The summed E-state index contributed by atoms with van der Waals surface area (Å²) in [5, 5.41) is 9.28. The maximum Gasteiger partial charge on any atom is 0.320 e. The summed E-state index contributed by atoms with van der Waals surface area (Å²) >= 11 is 0. The summed E-state index contributed by atoms with van der Waals surface area (Å²) in [5.41, 5.74) is 1.75. The van der Waals surface area contributed by atoms with Crippen LogP contribution in [0.5, 0.6) is 0 Å². The monoisotopic (exact) mass is 305 g/mol. The minimum Gasteiger partial charge on any atom is -0.480 e. The molecular weight excluding hydrogens is 282 g/mol. The molecule has 0 radical (unpaired) electrons. The Morgan fingerprint density at radius 3 is 2.55 bits per heavy atom. The molecule has 1 aromatic heterocycles. The van der Waals surface area contributed by atoms with Crippen molar-refractivity contribution in [2.45, 2.75) is 32.2 Å². The average Bonchev–Trinajstić information content (AvgIpc) is 3.03. The molecule has 2 aliphatic heterocycles. The number of aromatic nitrogens is 1. The molecule has 2 fully saturated rings. The summed E-state index contributed by atoms with van der Waals surface area (Å²) in [6.07, 6.45) is 4.30. The zero-order valence-electron chi connectivity index (χ0n) is 13.1. The van der Waals surface area contributed by atoms with E-state index in [9.17, 15) is 14.7 Å². The SMILES string of the molecule is Cc1c[nH]c(C(=O)N2CCC3(CC2)CC(C(=O)O)N(C)C3)c1. The number of carboxylic acids is 1. The van der Waals surface area contributed by atoms with Gasteiger partial charge in [-0.05, 0) is 50.3 Å². The van der Waals surface area contributed by atoms with Gasteiger partial charge in [0.1, 0.15) is 11.7 Å². The number of carbonyl (C=O) groups excluding carboxylic acids is 1. The van der Waals surface area contributed by atoms with E-state index in [-0.39, 0.29) is 17.4 Å². The number of piperidine rings is 1. The highest BCUT2D eigenvalue weighted by molar-refractivity contribution is 5.92. The summed E-state index contributed by atoms with van der Waals surface area (Å²) < 4.78 is 0. The van der Waals surface area contributed by atoms with Crippen LogP contribution in [0.2, 0.25) is 0 Å². The van der Waals surface area contributed by atoms with E-state index < -0.39 is 5.97 Å². The van der Waals surface area contributed by atoms with Crippen molar-refractivity contribution in [3.8, 4) is 0 Å². The first-order chi connectivity index (χ1) is 10.4. The zero-order valence-corrected chi connectivity index (χ0v) is 13.1. The summed E-state index contributed by atoms with van der Waals surface area (Å²) in [6, 6.07) is 1.49. The molecule has 1 unspecified atom stereocenters. The number of likely N-dealkylation sites (tertiary alicyclic amines) is 2. The molecule has 1 spiro atoms. The number of hydrogen-bond acceptors (Lipinski definition) is 3. The molecule has 0 bridgehead atoms. The Morgan fingerprint density at radius 2 is 2.05 bits per heavy atom. The maximum absolute atomic E-state index is 12.4. The molecule has 2 N–H and O–H groups in total. The molecule has 0 aliphatic carbocycles. The van der Waals surface area contributed by atoms with E-state index in [0.717, 1.165) is 24.9 Å². The van der Waals surface area contributed by atoms with Crippen LogP contribution in [0.1, 0.15) is 35.3 Å². The molecule has 3 heterocycles. The van der Waals surface area contributed by atoms with E-state index in [2.05, 4.69) is 4.98 Å². The third-order valence-electron chi connectivity index (χ3n) is 5.20. The van der Waals surface area contributed by atoms with Crippen LogP contribution in [0.15, 0.2) is 12.3 Å². The number of aromatic amines is 1. The largest absolute Gasteiger partial charge is 0.480 e. The number of likely N-dealkylation sites (N-methyl/N-ethyl adjacent to an activating group) is 1. The van der Waals surface area contributed by atoms with E-state index in [1.54, 1.807) is 0 Å². The Bertz CT molecular complexity index is 587. The number of nitrogens with zero attached hydrogens (tertiary/aromatic N) is 2. The number of carbonyl (C=O) groups is 2. The lowest BCUT2D eigenvalue weighted by molar-refractivity contribution is -0.141. The minimum atomic E-state index is -0.736. The van der Waals surface area contributed by atoms with Gasteiger partial charge in [-0.15, -0.1) is 0 Å². The minimum absolute atomic E-state index is 0.0455. The Balaban J connectivity index is 1.63. The summed E-state index contributed by atoms with van der Waals surface area (Å²) in [4.78, 5) is 30.6. The van der Waals surface area contributed by atoms with Crippen LogP contribution in [-0.4, -0.2) is 64.5 Å². The van der Waals surface area contributed by atoms with Crippen molar-refractivity contribution in [2.75, 3.05) is 26.7 Å². The third-order valence-corrected chi connectivity index (χ3v) is 5.20. The lowest BCUT2D eigenvalue weighted by Gasteiger charge is -2.39. The van der Waals surface area contributed by atoms with Gasteiger partial charge >= 0.3 is 5.97 Å². The molecular formula is C16H23N3O3. The lowest BCUT2D eigenvalue weighted by atomic mass is 9.76. The number of carboxylic acid groups (broad SMARTS) is 1. The molecule has 1 atom stereocenters. The number of aliphatic carboxylic acids is 1. The lowest BCUT2D eigenvalue weighted by Crippen LogP contribution is -2.44. The van der Waals surface area contributed by atoms with Crippen molar-refractivity contribution in [2.24, 2.45) is 5.41 Å². The van der Waals surface area contributed by atoms with Crippen LogP contribution >= 0.6 is 0 Å². The van der Waals surface area contributed by atoms with Crippen molar-refractivity contribution in [1.82, 2.24) is 14.8 Å². The van der Waals surface area contributed by atoms with Gasteiger partial charge in [-0.3, -0.25) is 14.5 Å². The van der Waals surface area contributed by atoms with Gasteiger partial charge in [0.2, 0.25) is 0 Å². The normalized spacial score (nSPS) is 24.8. The van der Waals surface area contributed by atoms with Crippen LogP contribution in [0.4, 0.5) is 0 Å². The maximum atomic E-state index is 12.4. The highest BCUT2D eigenvalue weighted by atomic mass is 16.4. The first kappa shape index (κ1) is 15.1. The van der Waals surface area contributed by atoms with Gasteiger partial charge in [0.05, 0.1) is 0 Å². The van der Waals surface area contributed by atoms with Gasteiger partial charge in [-0.25, -0.2) is 0 Å². The van der Waals surface area contributed by atoms with Crippen LogP contribution in [0.3, 0.4) is 0 Å². The molecule has 22 heavy (non-hydrogen) atoms. The Labute approximate surface area is 130 Å². The average molecular weight is 305 g/mol. The fourth-order valence-electron chi connectivity index (χ4n) is 3.89. The topological polar surface area (TPSA) is 76.6 Å². The Kier molecular flexibility index (Phi) is 3.72. The highest BCUT2D eigenvalue weighted by Gasteiger charge is 2.47.